The van der Waals surface area contributed by atoms with Gasteiger partial charge in [0, 0.05) is 52.6 Å². The van der Waals surface area contributed by atoms with Crippen molar-refractivity contribution in [2.24, 2.45) is 7.05 Å². The molecule has 0 saturated heterocycles. The van der Waals surface area contributed by atoms with Gasteiger partial charge in [0.2, 0.25) is 0 Å². The summed E-state index contributed by atoms with van der Waals surface area (Å²) in [7, 11) is 9.83. The van der Waals surface area contributed by atoms with Crippen LogP contribution in [0.2, 0.25) is 0 Å². The SMILES string of the molecule is CN(C)c1cc(C#N)c(-c2cnn(C)c2)cc1N(C)C. The first kappa shape index (κ1) is 13.9. The molecule has 2 aromatic rings. The van der Waals surface area contributed by atoms with Crippen LogP contribution in [0.15, 0.2) is 24.5 Å². The lowest BCUT2D eigenvalue weighted by atomic mass is 10.0. The summed E-state index contributed by atoms with van der Waals surface area (Å²) in [6, 6.07) is 6.26. The molecule has 20 heavy (non-hydrogen) atoms. The predicted octanol–water partition coefficient (Wildman–Crippen LogP) is 2.09. The second kappa shape index (κ2) is 5.25. The molecule has 1 aromatic carbocycles. The predicted molar refractivity (Wildman–Crippen MR) is 82.0 cm³/mol. The molecule has 0 aliphatic rings. The van der Waals surface area contributed by atoms with Gasteiger partial charge in [0.15, 0.2) is 0 Å². The summed E-state index contributed by atoms with van der Waals surface area (Å²) in [6.07, 6.45) is 3.70. The van der Waals surface area contributed by atoms with Crippen molar-refractivity contribution in [2.45, 2.75) is 0 Å². The Balaban J connectivity index is 2.69. The lowest BCUT2D eigenvalue weighted by Gasteiger charge is -2.24. The number of anilines is 2. The van der Waals surface area contributed by atoms with Crippen molar-refractivity contribution in [2.75, 3.05) is 38.0 Å². The first-order valence-corrected chi connectivity index (χ1v) is 6.36. The summed E-state index contributed by atoms with van der Waals surface area (Å²) in [5.41, 5.74) is 4.63. The van der Waals surface area contributed by atoms with Crippen LogP contribution in [-0.2, 0) is 7.05 Å². The Labute approximate surface area is 119 Å². The minimum atomic E-state index is 0.660. The number of rotatable bonds is 3. The van der Waals surface area contributed by atoms with Crippen molar-refractivity contribution >= 4 is 11.4 Å². The van der Waals surface area contributed by atoms with Crippen LogP contribution in [0.1, 0.15) is 5.56 Å². The van der Waals surface area contributed by atoms with Gasteiger partial charge in [-0.15, -0.1) is 0 Å². The topological polar surface area (TPSA) is 48.1 Å². The number of nitriles is 1. The van der Waals surface area contributed by atoms with Gasteiger partial charge in [-0.3, -0.25) is 4.68 Å². The number of aromatic nitrogens is 2. The van der Waals surface area contributed by atoms with Gasteiger partial charge in [0.25, 0.3) is 0 Å². The molecule has 5 heteroatoms. The van der Waals surface area contributed by atoms with Crippen LogP contribution in [0.25, 0.3) is 11.1 Å². The number of nitrogens with zero attached hydrogens (tertiary/aromatic N) is 5. The van der Waals surface area contributed by atoms with Crippen LogP contribution < -0.4 is 9.80 Å². The smallest absolute Gasteiger partial charge is 0.0999 e. The molecule has 104 valence electrons. The van der Waals surface area contributed by atoms with Crippen LogP contribution in [0.5, 0.6) is 0 Å². The molecule has 5 nitrogen and oxygen atoms in total. The minimum Gasteiger partial charge on any atom is -0.376 e. The zero-order valence-corrected chi connectivity index (χ0v) is 12.5. The monoisotopic (exact) mass is 269 g/mol. The summed E-state index contributed by atoms with van der Waals surface area (Å²) >= 11 is 0. The average molecular weight is 269 g/mol. The summed E-state index contributed by atoms with van der Waals surface area (Å²) in [5, 5.41) is 13.6. The highest BCUT2D eigenvalue weighted by molar-refractivity contribution is 5.82. The zero-order chi connectivity index (χ0) is 14.9. The number of aryl methyl sites for hydroxylation is 1. The molecule has 0 aliphatic carbocycles. The fourth-order valence-electron chi connectivity index (χ4n) is 2.18. The first-order valence-electron chi connectivity index (χ1n) is 6.36. The maximum Gasteiger partial charge on any atom is 0.0999 e. The molecule has 0 atom stereocenters. The third-order valence-corrected chi connectivity index (χ3v) is 3.21. The third-order valence-electron chi connectivity index (χ3n) is 3.21. The van der Waals surface area contributed by atoms with Crippen LogP contribution in [0.3, 0.4) is 0 Å². The van der Waals surface area contributed by atoms with E-state index in [4.69, 9.17) is 0 Å². The molecule has 0 N–H and O–H groups in total. The van der Waals surface area contributed by atoms with E-state index >= 15 is 0 Å². The number of hydrogen-bond donors (Lipinski definition) is 0. The lowest BCUT2D eigenvalue weighted by Crippen LogP contribution is -2.17. The Hall–Kier alpha value is -2.48. The van der Waals surface area contributed by atoms with Gasteiger partial charge < -0.3 is 9.80 Å². The largest absolute Gasteiger partial charge is 0.376 e. The van der Waals surface area contributed by atoms with Crippen molar-refractivity contribution in [1.82, 2.24) is 9.78 Å². The van der Waals surface area contributed by atoms with E-state index in [2.05, 4.69) is 16.1 Å². The van der Waals surface area contributed by atoms with E-state index in [9.17, 15) is 5.26 Å². The lowest BCUT2D eigenvalue weighted by molar-refractivity contribution is 0.768. The second-order valence-corrected chi connectivity index (χ2v) is 5.19. The van der Waals surface area contributed by atoms with E-state index in [1.165, 1.54) is 0 Å². The van der Waals surface area contributed by atoms with E-state index in [-0.39, 0.29) is 0 Å². The average Bonchev–Trinajstić information content (AvgIpc) is 2.83. The maximum absolute atomic E-state index is 9.41. The van der Waals surface area contributed by atoms with E-state index in [1.807, 2.05) is 58.5 Å². The summed E-state index contributed by atoms with van der Waals surface area (Å²) in [4.78, 5) is 4.07. The van der Waals surface area contributed by atoms with Gasteiger partial charge in [-0.05, 0) is 12.1 Å². The molecular formula is C15H19N5. The summed E-state index contributed by atoms with van der Waals surface area (Å²) in [6.45, 7) is 0. The molecule has 0 saturated carbocycles. The van der Waals surface area contributed by atoms with Crippen molar-refractivity contribution in [1.29, 1.82) is 5.26 Å². The zero-order valence-electron chi connectivity index (χ0n) is 12.5. The van der Waals surface area contributed by atoms with E-state index in [0.29, 0.717) is 5.56 Å². The van der Waals surface area contributed by atoms with Crippen LogP contribution in [-0.4, -0.2) is 38.0 Å². The number of hydrogen-bond acceptors (Lipinski definition) is 4. The molecule has 0 spiro atoms. The molecule has 0 unspecified atom stereocenters. The molecule has 0 radical (unpaired) electrons. The minimum absolute atomic E-state index is 0.660. The van der Waals surface area contributed by atoms with Crippen molar-refractivity contribution < 1.29 is 0 Å². The molecule has 0 bridgehead atoms. The summed E-state index contributed by atoms with van der Waals surface area (Å²) < 4.78 is 1.74. The second-order valence-electron chi connectivity index (χ2n) is 5.19. The van der Waals surface area contributed by atoms with Crippen LogP contribution in [0.4, 0.5) is 11.4 Å². The van der Waals surface area contributed by atoms with E-state index in [1.54, 1.807) is 10.9 Å². The van der Waals surface area contributed by atoms with Gasteiger partial charge in [0.1, 0.15) is 0 Å². The maximum atomic E-state index is 9.41. The van der Waals surface area contributed by atoms with Gasteiger partial charge in [-0.2, -0.15) is 10.4 Å². The van der Waals surface area contributed by atoms with Gasteiger partial charge >= 0.3 is 0 Å². The van der Waals surface area contributed by atoms with E-state index < -0.39 is 0 Å². The highest BCUT2D eigenvalue weighted by Crippen LogP contribution is 2.35. The van der Waals surface area contributed by atoms with Gasteiger partial charge in [-0.1, -0.05) is 0 Å². The Morgan fingerprint density at radius 3 is 2.15 bits per heavy atom. The Kier molecular flexibility index (Phi) is 3.66. The number of benzene rings is 1. The van der Waals surface area contributed by atoms with Gasteiger partial charge in [0.05, 0.1) is 29.2 Å². The quantitative estimate of drug-likeness (QED) is 0.856. The van der Waals surface area contributed by atoms with E-state index in [0.717, 1.165) is 22.5 Å². The highest BCUT2D eigenvalue weighted by Gasteiger charge is 2.15. The van der Waals surface area contributed by atoms with Crippen LogP contribution in [0, 0.1) is 11.3 Å². The molecule has 1 heterocycles. The molecule has 0 aliphatic heterocycles. The molecule has 1 aromatic heterocycles. The Bertz CT molecular complexity index is 661. The highest BCUT2D eigenvalue weighted by atomic mass is 15.2. The molecule has 2 rings (SSSR count). The van der Waals surface area contributed by atoms with Crippen molar-refractivity contribution in [3.63, 3.8) is 0 Å². The molecular weight excluding hydrogens is 250 g/mol. The molecule has 0 amide bonds. The third kappa shape index (κ3) is 2.45. The van der Waals surface area contributed by atoms with Gasteiger partial charge in [-0.25, -0.2) is 0 Å². The molecule has 0 fully saturated rings. The normalized spacial score (nSPS) is 10.2. The fraction of sp³-hybridized carbons (Fsp3) is 0.333. The standard InChI is InChI=1S/C15H19N5/c1-18(2)14-6-11(8-16)13(7-15(14)19(3)4)12-9-17-20(5)10-12/h6-7,9-10H,1-5H3. The van der Waals surface area contributed by atoms with Crippen LogP contribution >= 0.6 is 0 Å². The Morgan fingerprint density at radius 2 is 1.70 bits per heavy atom. The first-order chi connectivity index (χ1) is 9.43. The fourth-order valence-corrected chi connectivity index (χ4v) is 2.18. The summed E-state index contributed by atoms with van der Waals surface area (Å²) in [5.74, 6) is 0. The van der Waals surface area contributed by atoms with Crippen molar-refractivity contribution in [3.05, 3.63) is 30.1 Å². The Morgan fingerprint density at radius 1 is 1.10 bits per heavy atom. The van der Waals surface area contributed by atoms with Crippen molar-refractivity contribution in [3.8, 4) is 17.2 Å².